The highest BCUT2D eigenvalue weighted by Gasteiger charge is 2.27. The topological polar surface area (TPSA) is 78.9 Å². The van der Waals surface area contributed by atoms with Crippen LogP contribution in [0, 0.1) is 6.92 Å². The molecule has 1 aliphatic heterocycles. The number of nitrogens with zero attached hydrogens (tertiary/aromatic N) is 5. The number of amides is 2. The summed E-state index contributed by atoms with van der Waals surface area (Å²) in [7, 11) is 3.68. The van der Waals surface area contributed by atoms with E-state index in [4.69, 9.17) is 4.74 Å². The van der Waals surface area contributed by atoms with E-state index in [1.165, 1.54) is 0 Å². The van der Waals surface area contributed by atoms with Gasteiger partial charge < -0.3 is 19.4 Å². The van der Waals surface area contributed by atoms with Crippen LogP contribution in [0.3, 0.4) is 0 Å². The van der Waals surface area contributed by atoms with Crippen LogP contribution in [0.5, 0.6) is 0 Å². The fourth-order valence-corrected chi connectivity index (χ4v) is 2.65. The summed E-state index contributed by atoms with van der Waals surface area (Å²) in [6.45, 7) is 9.44. The molecule has 1 saturated heterocycles. The predicted octanol–water partition coefficient (Wildman–Crippen LogP) is 1.93. The van der Waals surface area contributed by atoms with E-state index >= 15 is 0 Å². The Kier molecular flexibility index (Phi) is 6.05. The smallest absolute Gasteiger partial charge is 0.410 e. The van der Waals surface area contributed by atoms with Crippen molar-refractivity contribution in [1.29, 1.82) is 0 Å². The van der Waals surface area contributed by atoms with Gasteiger partial charge in [-0.15, -0.1) is 0 Å². The van der Waals surface area contributed by atoms with Crippen molar-refractivity contribution < 1.29 is 14.3 Å². The van der Waals surface area contributed by atoms with E-state index in [2.05, 4.69) is 9.97 Å². The zero-order chi connectivity index (χ0) is 19.5. The number of carbonyl (C=O) groups excluding carboxylic acids is 2. The average Bonchev–Trinajstić information content (AvgIpc) is 2.78. The van der Waals surface area contributed by atoms with Gasteiger partial charge in [0.05, 0.1) is 0 Å². The van der Waals surface area contributed by atoms with Crippen LogP contribution >= 0.6 is 0 Å². The van der Waals surface area contributed by atoms with Crippen LogP contribution in [-0.2, 0) is 4.74 Å². The molecule has 2 rings (SSSR count). The summed E-state index contributed by atoms with van der Waals surface area (Å²) < 4.78 is 5.43. The number of carbonyl (C=O) groups is 2. The molecule has 1 aromatic heterocycles. The number of aryl methyl sites for hydroxylation is 1. The average molecular weight is 363 g/mol. The standard InChI is InChI=1S/C18H29N5O3/c1-13-12-14(20-16(19-13)21(5)6)15(24)22-8-7-9-23(11-10-22)17(25)26-18(2,3)4/h12H,7-11H2,1-6H3. The lowest BCUT2D eigenvalue weighted by Crippen LogP contribution is -2.40. The van der Waals surface area contributed by atoms with Crippen LogP contribution in [0.15, 0.2) is 6.07 Å². The van der Waals surface area contributed by atoms with Gasteiger partial charge in [0.25, 0.3) is 5.91 Å². The lowest BCUT2D eigenvalue weighted by molar-refractivity contribution is 0.0255. The molecule has 2 amide bonds. The largest absolute Gasteiger partial charge is 0.444 e. The Balaban J connectivity index is 2.07. The Bertz CT molecular complexity index is 669. The van der Waals surface area contributed by atoms with E-state index < -0.39 is 5.60 Å². The summed E-state index contributed by atoms with van der Waals surface area (Å²) in [5.41, 5.74) is 0.601. The maximum atomic E-state index is 12.9. The molecular weight excluding hydrogens is 334 g/mol. The van der Waals surface area contributed by atoms with E-state index in [9.17, 15) is 9.59 Å². The summed E-state index contributed by atoms with van der Waals surface area (Å²) in [6.07, 6.45) is 0.370. The maximum Gasteiger partial charge on any atom is 0.410 e. The highest BCUT2D eigenvalue weighted by molar-refractivity contribution is 5.92. The van der Waals surface area contributed by atoms with Crippen molar-refractivity contribution in [1.82, 2.24) is 19.8 Å². The first kappa shape index (κ1) is 19.9. The molecule has 0 atom stereocenters. The molecule has 8 nitrogen and oxygen atoms in total. The molecule has 0 radical (unpaired) electrons. The van der Waals surface area contributed by atoms with Crippen LogP contribution in [0.1, 0.15) is 43.4 Å². The zero-order valence-electron chi connectivity index (χ0n) is 16.6. The van der Waals surface area contributed by atoms with Crippen molar-refractivity contribution in [3.63, 3.8) is 0 Å². The normalized spacial score (nSPS) is 15.5. The van der Waals surface area contributed by atoms with Gasteiger partial charge in [0, 0.05) is 46.0 Å². The second-order valence-electron chi connectivity index (χ2n) is 7.70. The molecular formula is C18H29N5O3. The maximum absolute atomic E-state index is 12.9. The molecule has 0 spiro atoms. The van der Waals surface area contributed by atoms with Crippen LogP contribution in [0.4, 0.5) is 10.7 Å². The molecule has 1 aromatic rings. The van der Waals surface area contributed by atoms with Gasteiger partial charge in [-0.2, -0.15) is 0 Å². The lowest BCUT2D eigenvalue weighted by Gasteiger charge is -2.26. The number of hydrogen-bond donors (Lipinski definition) is 0. The first-order chi connectivity index (χ1) is 12.1. The van der Waals surface area contributed by atoms with Crippen molar-refractivity contribution in [2.75, 3.05) is 45.2 Å². The van der Waals surface area contributed by atoms with Crippen LogP contribution in [-0.4, -0.2) is 77.6 Å². The molecule has 144 valence electrons. The van der Waals surface area contributed by atoms with Gasteiger partial charge in [0.15, 0.2) is 0 Å². The first-order valence-electron chi connectivity index (χ1n) is 8.87. The fraction of sp³-hybridized carbons (Fsp3) is 0.667. The Morgan fingerprint density at radius 3 is 2.31 bits per heavy atom. The molecule has 26 heavy (non-hydrogen) atoms. The van der Waals surface area contributed by atoms with E-state index in [1.54, 1.807) is 20.8 Å². The zero-order valence-corrected chi connectivity index (χ0v) is 16.6. The fourth-order valence-electron chi connectivity index (χ4n) is 2.65. The highest BCUT2D eigenvalue weighted by Crippen LogP contribution is 2.14. The third-order valence-electron chi connectivity index (χ3n) is 3.90. The number of anilines is 1. The predicted molar refractivity (Wildman–Crippen MR) is 99.4 cm³/mol. The molecule has 1 aliphatic rings. The number of aromatic nitrogens is 2. The number of hydrogen-bond acceptors (Lipinski definition) is 6. The van der Waals surface area contributed by atoms with Gasteiger partial charge in [-0.1, -0.05) is 0 Å². The van der Waals surface area contributed by atoms with E-state index in [0.717, 1.165) is 5.69 Å². The third kappa shape index (κ3) is 5.31. The monoisotopic (exact) mass is 363 g/mol. The lowest BCUT2D eigenvalue weighted by atomic mass is 10.2. The highest BCUT2D eigenvalue weighted by atomic mass is 16.6. The summed E-state index contributed by atoms with van der Waals surface area (Å²) >= 11 is 0. The van der Waals surface area contributed by atoms with Gasteiger partial charge in [0.1, 0.15) is 11.3 Å². The van der Waals surface area contributed by atoms with Gasteiger partial charge in [-0.05, 0) is 40.2 Å². The molecule has 0 aliphatic carbocycles. The molecule has 0 unspecified atom stereocenters. The van der Waals surface area contributed by atoms with E-state index in [0.29, 0.717) is 44.2 Å². The van der Waals surface area contributed by atoms with Crippen molar-refractivity contribution in [3.05, 3.63) is 17.5 Å². The van der Waals surface area contributed by atoms with E-state index in [-0.39, 0.29) is 12.0 Å². The quantitative estimate of drug-likeness (QED) is 0.799. The second-order valence-corrected chi connectivity index (χ2v) is 7.70. The third-order valence-corrected chi connectivity index (χ3v) is 3.90. The summed E-state index contributed by atoms with van der Waals surface area (Å²) in [5.74, 6) is 0.378. The first-order valence-corrected chi connectivity index (χ1v) is 8.87. The van der Waals surface area contributed by atoms with Crippen molar-refractivity contribution in [3.8, 4) is 0 Å². The minimum atomic E-state index is -0.528. The van der Waals surface area contributed by atoms with Crippen molar-refractivity contribution in [2.45, 2.75) is 39.7 Å². The SMILES string of the molecule is Cc1cc(C(=O)N2CCCN(C(=O)OC(C)(C)C)CC2)nc(N(C)C)n1. The minimum absolute atomic E-state index is 0.135. The number of rotatable bonds is 2. The van der Waals surface area contributed by atoms with Gasteiger partial charge in [-0.3, -0.25) is 4.79 Å². The van der Waals surface area contributed by atoms with Gasteiger partial charge >= 0.3 is 6.09 Å². The molecule has 8 heteroatoms. The Morgan fingerprint density at radius 2 is 1.69 bits per heavy atom. The van der Waals surface area contributed by atoms with Crippen LogP contribution in [0.2, 0.25) is 0 Å². The minimum Gasteiger partial charge on any atom is -0.444 e. The van der Waals surface area contributed by atoms with Gasteiger partial charge in [0.2, 0.25) is 5.95 Å². The Hall–Kier alpha value is -2.38. The Labute approximate surface area is 155 Å². The molecule has 1 fully saturated rings. The molecule has 0 N–H and O–H groups in total. The van der Waals surface area contributed by atoms with Crippen LogP contribution < -0.4 is 4.90 Å². The molecule has 0 saturated carbocycles. The van der Waals surface area contributed by atoms with Gasteiger partial charge in [-0.25, -0.2) is 14.8 Å². The van der Waals surface area contributed by atoms with Crippen LogP contribution in [0.25, 0.3) is 0 Å². The second kappa shape index (κ2) is 7.88. The van der Waals surface area contributed by atoms with E-state index in [1.807, 2.05) is 41.8 Å². The summed E-state index contributed by atoms with van der Waals surface area (Å²) in [6, 6.07) is 1.70. The molecule has 0 aromatic carbocycles. The summed E-state index contributed by atoms with van der Waals surface area (Å²) in [4.78, 5) is 39.0. The molecule has 0 bridgehead atoms. The van der Waals surface area contributed by atoms with Crippen molar-refractivity contribution >= 4 is 17.9 Å². The van der Waals surface area contributed by atoms with Crippen molar-refractivity contribution in [2.24, 2.45) is 0 Å². The summed E-state index contributed by atoms with van der Waals surface area (Å²) in [5, 5.41) is 0. The number of ether oxygens (including phenoxy) is 1. The Morgan fingerprint density at radius 1 is 1.08 bits per heavy atom. The molecule has 2 heterocycles.